The topological polar surface area (TPSA) is 58.6 Å². The Hall–Kier alpha value is -0.970. The van der Waals surface area contributed by atoms with E-state index in [0.717, 1.165) is 0 Å². The van der Waals surface area contributed by atoms with Gasteiger partial charge in [-0.25, -0.2) is 0 Å². The van der Waals surface area contributed by atoms with Gasteiger partial charge < -0.3 is 15.2 Å². The lowest BCUT2D eigenvalue weighted by molar-refractivity contribution is -0.121. The molecule has 0 spiro atoms. The SMILES string of the molecule is O=C(CCOc1ccc(Cl)cc1Cl)NCCO. The van der Waals surface area contributed by atoms with Crippen LogP contribution in [0.4, 0.5) is 0 Å². The zero-order valence-corrected chi connectivity index (χ0v) is 10.6. The van der Waals surface area contributed by atoms with Crippen LogP contribution in [0.1, 0.15) is 6.42 Å². The Morgan fingerprint density at radius 1 is 1.41 bits per heavy atom. The van der Waals surface area contributed by atoms with Gasteiger partial charge in [-0.3, -0.25) is 4.79 Å². The molecule has 1 aromatic rings. The maximum absolute atomic E-state index is 11.2. The van der Waals surface area contributed by atoms with Crippen molar-refractivity contribution in [2.75, 3.05) is 19.8 Å². The molecule has 6 heteroatoms. The molecule has 1 rings (SSSR count). The summed E-state index contributed by atoms with van der Waals surface area (Å²) in [7, 11) is 0. The molecule has 0 radical (unpaired) electrons. The van der Waals surface area contributed by atoms with E-state index in [9.17, 15) is 4.79 Å². The fraction of sp³-hybridized carbons (Fsp3) is 0.364. The Balaban J connectivity index is 2.33. The van der Waals surface area contributed by atoms with Crippen molar-refractivity contribution in [2.45, 2.75) is 6.42 Å². The fourth-order valence-electron chi connectivity index (χ4n) is 1.13. The summed E-state index contributed by atoms with van der Waals surface area (Å²) in [5.74, 6) is 0.315. The van der Waals surface area contributed by atoms with Crippen molar-refractivity contribution in [1.29, 1.82) is 0 Å². The predicted octanol–water partition coefficient (Wildman–Crippen LogP) is 1.87. The number of aliphatic hydroxyl groups is 1. The highest BCUT2D eigenvalue weighted by Gasteiger charge is 2.04. The first-order valence-corrected chi connectivity index (χ1v) is 5.84. The van der Waals surface area contributed by atoms with Crippen molar-refractivity contribution in [1.82, 2.24) is 5.32 Å². The van der Waals surface area contributed by atoms with Crippen LogP contribution in [-0.4, -0.2) is 30.8 Å². The maximum atomic E-state index is 11.2. The normalized spacial score (nSPS) is 10.1. The largest absolute Gasteiger partial charge is 0.491 e. The number of amides is 1. The summed E-state index contributed by atoms with van der Waals surface area (Å²) in [4.78, 5) is 11.2. The average Bonchev–Trinajstić information content (AvgIpc) is 2.29. The van der Waals surface area contributed by atoms with E-state index >= 15 is 0 Å². The molecule has 0 aliphatic rings. The van der Waals surface area contributed by atoms with Gasteiger partial charge >= 0.3 is 0 Å². The van der Waals surface area contributed by atoms with Crippen LogP contribution in [0.5, 0.6) is 5.75 Å². The summed E-state index contributed by atoms with van der Waals surface area (Å²) in [6.07, 6.45) is 0.207. The molecule has 0 atom stereocenters. The van der Waals surface area contributed by atoms with Crippen LogP contribution >= 0.6 is 23.2 Å². The van der Waals surface area contributed by atoms with E-state index in [1.54, 1.807) is 18.2 Å². The summed E-state index contributed by atoms with van der Waals surface area (Å²) < 4.78 is 5.33. The molecule has 1 aromatic carbocycles. The summed E-state index contributed by atoms with van der Waals surface area (Å²) in [6, 6.07) is 4.88. The highest BCUT2D eigenvalue weighted by molar-refractivity contribution is 6.35. The number of carbonyl (C=O) groups excluding carboxylic acids is 1. The number of benzene rings is 1. The number of halogens is 2. The second-order valence-electron chi connectivity index (χ2n) is 3.25. The summed E-state index contributed by atoms with van der Waals surface area (Å²) in [6.45, 7) is 0.398. The van der Waals surface area contributed by atoms with Crippen molar-refractivity contribution in [3.63, 3.8) is 0 Å². The molecule has 0 bridgehead atoms. The number of hydrogen-bond donors (Lipinski definition) is 2. The van der Waals surface area contributed by atoms with Crippen molar-refractivity contribution < 1.29 is 14.6 Å². The van der Waals surface area contributed by atoms with E-state index in [2.05, 4.69) is 5.32 Å². The molecule has 0 heterocycles. The molecule has 0 aromatic heterocycles. The van der Waals surface area contributed by atoms with Crippen molar-refractivity contribution in [3.8, 4) is 5.75 Å². The number of hydrogen-bond acceptors (Lipinski definition) is 3. The zero-order chi connectivity index (χ0) is 12.7. The first-order chi connectivity index (χ1) is 8.13. The number of rotatable bonds is 6. The number of ether oxygens (including phenoxy) is 1. The predicted molar refractivity (Wildman–Crippen MR) is 66.7 cm³/mol. The fourth-order valence-corrected chi connectivity index (χ4v) is 1.59. The van der Waals surface area contributed by atoms with Crippen LogP contribution in [0, 0.1) is 0 Å². The molecule has 0 saturated carbocycles. The summed E-state index contributed by atoms with van der Waals surface area (Å²) in [5.41, 5.74) is 0. The van der Waals surface area contributed by atoms with Crippen LogP contribution in [0.15, 0.2) is 18.2 Å². The standard InChI is InChI=1S/C11H13Cl2NO3/c12-8-1-2-10(9(13)7-8)17-6-3-11(16)14-4-5-15/h1-2,7,15H,3-6H2,(H,14,16). The van der Waals surface area contributed by atoms with Crippen molar-refractivity contribution in [2.24, 2.45) is 0 Å². The second kappa shape index (κ2) is 7.37. The van der Waals surface area contributed by atoms with Gasteiger partial charge in [0.25, 0.3) is 0 Å². The van der Waals surface area contributed by atoms with Crippen LogP contribution in [0.2, 0.25) is 10.0 Å². The first kappa shape index (κ1) is 14.1. The lowest BCUT2D eigenvalue weighted by atomic mass is 10.3. The molecular formula is C11H13Cl2NO3. The molecule has 0 fully saturated rings. The van der Waals surface area contributed by atoms with Gasteiger partial charge in [0.1, 0.15) is 5.75 Å². The highest BCUT2D eigenvalue weighted by atomic mass is 35.5. The van der Waals surface area contributed by atoms with Crippen LogP contribution < -0.4 is 10.1 Å². The summed E-state index contributed by atoms with van der Waals surface area (Å²) in [5, 5.41) is 12.0. The molecule has 0 aliphatic carbocycles. The minimum absolute atomic E-state index is 0.0738. The third-order valence-corrected chi connectivity index (χ3v) is 2.45. The van der Waals surface area contributed by atoms with Gasteiger partial charge in [0.2, 0.25) is 5.91 Å². The van der Waals surface area contributed by atoms with Gasteiger partial charge in [-0.05, 0) is 18.2 Å². The quantitative estimate of drug-likeness (QED) is 0.835. The van der Waals surface area contributed by atoms with Gasteiger partial charge in [-0.1, -0.05) is 23.2 Å². The molecule has 2 N–H and O–H groups in total. The van der Waals surface area contributed by atoms with E-state index in [1.165, 1.54) is 0 Å². The number of aliphatic hydroxyl groups excluding tert-OH is 1. The average molecular weight is 278 g/mol. The monoisotopic (exact) mass is 277 g/mol. The van der Waals surface area contributed by atoms with E-state index in [4.69, 9.17) is 33.0 Å². The van der Waals surface area contributed by atoms with E-state index in [0.29, 0.717) is 15.8 Å². The Labute approximate surface area is 109 Å². The Morgan fingerprint density at radius 3 is 2.82 bits per heavy atom. The molecule has 1 amide bonds. The third kappa shape index (κ3) is 5.26. The Bertz CT molecular complexity index is 385. The lowest BCUT2D eigenvalue weighted by Crippen LogP contribution is -2.27. The van der Waals surface area contributed by atoms with E-state index < -0.39 is 0 Å². The second-order valence-corrected chi connectivity index (χ2v) is 4.09. The first-order valence-electron chi connectivity index (χ1n) is 5.09. The molecule has 0 saturated heterocycles. The minimum atomic E-state index is -0.177. The smallest absolute Gasteiger partial charge is 0.223 e. The number of nitrogens with one attached hydrogen (secondary N) is 1. The Morgan fingerprint density at radius 2 is 2.18 bits per heavy atom. The minimum Gasteiger partial charge on any atom is -0.491 e. The van der Waals surface area contributed by atoms with Gasteiger partial charge in [0, 0.05) is 11.6 Å². The van der Waals surface area contributed by atoms with Crippen LogP contribution in [-0.2, 0) is 4.79 Å². The van der Waals surface area contributed by atoms with Crippen LogP contribution in [0.25, 0.3) is 0 Å². The van der Waals surface area contributed by atoms with Gasteiger partial charge in [0.05, 0.1) is 24.7 Å². The zero-order valence-electron chi connectivity index (χ0n) is 9.08. The van der Waals surface area contributed by atoms with Crippen LogP contribution in [0.3, 0.4) is 0 Å². The molecule has 0 unspecified atom stereocenters. The highest BCUT2D eigenvalue weighted by Crippen LogP contribution is 2.27. The van der Waals surface area contributed by atoms with Crippen molar-refractivity contribution >= 4 is 29.1 Å². The third-order valence-electron chi connectivity index (χ3n) is 1.91. The van der Waals surface area contributed by atoms with Crippen molar-refractivity contribution in [3.05, 3.63) is 28.2 Å². The van der Waals surface area contributed by atoms with E-state index in [1.807, 2.05) is 0 Å². The molecule has 4 nitrogen and oxygen atoms in total. The molecule has 0 aliphatic heterocycles. The Kier molecular flexibility index (Phi) is 6.11. The van der Waals surface area contributed by atoms with E-state index in [-0.39, 0.29) is 32.1 Å². The maximum Gasteiger partial charge on any atom is 0.223 e. The van der Waals surface area contributed by atoms with Gasteiger partial charge in [-0.15, -0.1) is 0 Å². The molecule has 94 valence electrons. The molecular weight excluding hydrogens is 265 g/mol. The molecule has 17 heavy (non-hydrogen) atoms. The summed E-state index contributed by atoms with van der Waals surface area (Å²) >= 11 is 11.6. The van der Waals surface area contributed by atoms with Gasteiger partial charge in [0.15, 0.2) is 0 Å². The van der Waals surface area contributed by atoms with Gasteiger partial charge in [-0.2, -0.15) is 0 Å². The lowest BCUT2D eigenvalue weighted by Gasteiger charge is -2.08. The number of carbonyl (C=O) groups is 1.